The van der Waals surface area contributed by atoms with Gasteiger partial charge >= 0.3 is 5.97 Å². The van der Waals surface area contributed by atoms with E-state index in [1.165, 1.54) is 18.4 Å². The first kappa shape index (κ1) is 24.1. The fourth-order valence-corrected chi connectivity index (χ4v) is 4.80. The maximum atomic E-state index is 12.8. The summed E-state index contributed by atoms with van der Waals surface area (Å²) in [5.74, 6) is -0.423. The van der Waals surface area contributed by atoms with Crippen molar-refractivity contribution in [2.45, 2.75) is 40.0 Å². The Hall–Kier alpha value is -2.20. The third-order valence-corrected chi connectivity index (χ3v) is 6.51. The number of nitrogens with zero attached hydrogens (tertiary/aromatic N) is 2. The first-order valence-corrected chi connectivity index (χ1v) is 11.4. The number of hydrogen-bond donors (Lipinski definition) is 2. The number of nitrogens with one attached hydrogen (secondary N) is 2. The quantitative estimate of drug-likeness (QED) is 0.337. The Labute approximate surface area is 186 Å². The van der Waals surface area contributed by atoms with Gasteiger partial charge in [0.05, 0.1) is 17.6 Å². The molecule has 1 aliphatic rings. The zero-order valence-electron chi connectivity index (χ0n) is 18.0. The summed E-state index contributed by atoms with van der Waals surface area (Å²) in [6.45, 7) is 8.86. The molecular weight excluding hydrogens is 424 g/mol. The molecule has 1 aromatic heterocycles. The van der Waals surface area contributed by atoms with Crippen LogP contribution in [0.1, 0.15) is 58.7 Å². The molecule has 1 fully saturated rings. The van der Waals surface area contributed by atoms with Gasteiger partial charge in [0.1, 0.15) is 5.00 Å². The van der Waals surface area contributed by atoms with Gasteiger partial charge < -0.3 is 25.2 Å². The first-order chi connectivity index (χ1) is 14.3. The molecule has 0 aliphatic carbocycles. The first-order valence-electron chi connectivity index (χ1n) is 10.2. The second-order valence-corrected chi connectivity index (χ2v) is 8.38. The maximum absolute atomic E-state index is 12.8. The Morgan fingerprint density at radius 3 is 2.57 bits per heavy atom. The van der Waals surface area contributed by atoms with E-state index in [-0.39, 0.29) is 11.8 Å². The number of carbonyl (C=O) groups is 3. The van der Waals surface area contributed by atoms with Gasteiger partial charge in [0.25, 0.3) is 5.91 Å². The molecule has 0 unspecified atom stereocenters. The van der Waals surface area contributed by atoms with E-state index in [4.69, 9.17) is 17.0 Å². The molecule has 166 valence electrons. The molecule has 1 aliphatic heterocycles. The number of methoxy groups -OCH3 is 1. The highest BCUT2D eigenvalue weighted by Crippen LogP contribution is 2.34. The lowest BCUT2D eigenvalue weighted by Gasteiger charge is -2.18. The molecule has 0 bridgehead atoms. The van der Waals surface area contributed by atoms with Crippen LogP contribution in [0, 0.1) is 6.92 Å². The van der Waals surface area contributed by atoms with Crippen molar-refractivity contribution in [1.82, 2.24) is 15.1 Å². The van der Waals surface area contributed by atoms with Gasteiger partial charge in [-0.15, -0.1) is 11.3 Å². The number of amides is 2. The van der Waals surface area contributed by atoms with Crippen LogP contribution >= 0.6 is 23.6 Å². The van der Waals surface area contributed by atoms with Crippen molar-refractivity contribution in [1.29, 1.82) is 0 Å². The van der Waals surface area contributed by atoms with Gasteiger partial charge in [0.15, 0.2) is 5.11 Å². The normalized spacial score (nSPS) is 13.3. The zero-order valence-corrected chi connectivity index (χ0v) is 19.6. The summed E-state index contributed by atoms with van der Waals surface area (Å²) in [7, 11) is 1.31. The van der Waals surface area contributed by atoms with Gasteiger partial charge in [-0.05, 0) is 51.4 Å². The number of rotatable bonds is 9. The summed E-state index contributed by atoms with van der Waals surface area (Å²) in [6.07, 6.45) is 2.33. The van der Waals surface area contributed by atoms with Gasteiger partial charge in [-0.1, -0.05) is 0 Å². The van der Waals surface area contributed by atoms with E-state index in [0.717, 1.165) is 19.4 Å². The lowest BCUT2D eigenvalue weighted by atomic mass is 10.1. The molecule has 10 heteroatoms. The minimum absolute atomic E-state index is 0.116. The van der Waals surface area contributed by atoms with Crippen LogP contribution in [0.15, 0.2) is 0 Å². The van der Waals surface area contributed by atoms with Crippen molar-refractivity contribution < 1.29 is 19.1 Å². The molecule has 0 spiro atoms. The predicted molar refractivity (Wildman–Crippen MR) is 122 cm³/mol. The molecule has 2 rings (SSSR count). The van der Waals surface area contributed by atoms with Crippen molar-refractivity contribution in [3.05, 3.63) is 16.0 Å². The van der Waals surface area contributed by atoms with Crippen molar-refractivity contribution in [2.75, 3.05) is 45.2 Å². The Bertz CT molecular complexity index is 805. The summed E-state index contributed by atoms with van der Waals surface area (Å²) in [5.41, 5.74) is 0.909. The van der Waals surface area contributed by atoms with Crippen LogP contribution in [0.25, 0.3) is 0 Å². The van der Waals surface area contributed by atoms with E-state index >= 15 is 0 Å². The smallest absolute Gasteiger partial charge is 0.341 e. The fraction of sp³-hybridized carbons (Fsp3) is 0.600. The summed E-state index contributed by atoms with van der Waals surface area (Å²) >= 11 is 6.56. The highest BCUT2D eigenvalue weighted by Gasteiger charge is 2.27. The Kier molecular flexibility index (Phi) is 9.04. The van der Waals surface area contributed by atoms with Crippen molar-refractivity contribution in [3.8, 4) is 0 Å². The Morgan fingerprint density at radius 1 is 1.30 bits per heavy atom. The molecule has 0 saturated carbocycles. The fourth-order valence-electron chi connectivity index (χ4n) is 3.37. The minimum Gasteiger partial charge on any atom is -0.465 e. The minimum atomic E-state index is -0.514. The highest BCUT2D eigenvalue weighted by atomic mass is 32.1. The van der Waals surface area contributed by atoms with Gasteiger partial charge in [-0.3, -0.25) is 9.59 Å². The van der Waals surface area contributed by atoms with Gasteiger partial charge in [-0.25, -0.2) is 4.79 Å². The maximum Gasteiger partial charge on any atom is 0.341 e. The molecule has 0 aromatic carbocycles. The number of ether oxygens (including phenoxy) is 1. The molecule has 2 amide bonds. The monoisotopic (exact) mass is 454 g/mol. The van der Waals surface area contributed by atoms with Gasteiger partial charge in [0, 0.05) is 39.1 Å². The average molecular weight is 455 g/mol. The molecule has 8 nitrogen and oxygen atoms in total. The summed E-state index contributed by atoms with van der Waals surface area (Å²) in [5, 5.41) is 6.98. The largest absolute Gasteiger partial charge is 0.465 e. The Morgan fingerprint density at radius 2 is 2.00 bits per heavy atom. The summed E-state index contributed by atoms with van der Waals surface area (Å²) < 4.78 is 4.91. The van der Waals surface area contributed by atoms with Crippen LogP contribution in [0.4, 0.5) is 5.00 Å². The number of esters is 1. The third-order valence-electron chi connectivity index (χ3n) is 5.07. The molecular formula is C20H30N4O4S2. The van der Waals surface area contributed by atoms with Crippen LogP contribution in [-0.2, 0) is 9.53 Å². The second kappa shape index (κ2) is 11.3. The number of carbonyl (C=O) groups excluding carboxylic acids is 3. The zero-order chi connectivity index (χ0) is 22.3. The molecule has 2 N–H and O–H groups in total. The van der Waals surface area contributed by atoms with E-state index in [0.29, 0.717) is 58.7 Å². The van der Waals surface area contributed by atoms with Crippen molar-refractivity contribution in [2.24, 2.45) is 0 Å². The second-order valence-electron chi connectivity index (χ2n) is 6.95. The van der Waals surface area contributed by atoms with Crippen LogP contribution in [0.5, 0.6) is 0 Å². The van der Waals surface area contributed by atoms with E-state index in [2.05, 4.69) is 10.6 Å². The van der Waals surface area contributed by atoms with Crippen LogP contribution in [0.2, 0.25) is 0 Å². The number of thiophene rings is 1. The van der Waals surface area contributed by atoms with E-state index in [1.54, 1.807) is 11.8 Å². The lowest BCUT2D eigenvalue weighted by Crippen LogP contribution is -2.33. The van der Waals surface area contributed by atoms with Crippen LogP contribution < -0.4 is 10.6 Å². The van der Waals surface area contributed by atoms with Gasteiger partial charge in [-0.2, -0.15) is 0 Å². The number of likely N-dealkylation sites (tertiary alicyclic amines) is 1. The molecule has 1 saturated heterocycles. The van der Waals surface area contributed by atoms with Crippen LogP contribution in [0.3, 0.4) is 0 Å². The summed E-state index contributed by atoms with van der Waals surface area (Å²) in [6, 6.07) is 0. The molecule has 2 heterocycles. The molecule has 1 aromatic rings. The van der Waals surface area contributed by atoms with Crippen LogP contribution in [-0.4, -0.2) is 72.5 Å². The molecule has 0 radical (unpaired) electrons. The topological polar surface area (TPSA) is 91.0 Å². The highest BCUT2D eigenvalue weighted by molar-refractivity contribution is 7.80. The third kappa shape index (κ3) is 5.69. The van der Waals surface area contributed by atoms with Gasteiger partial charge in [0.2, 0.25) is 5.91 Å². The molecule has 0 atom stereocenters. The standard InChI is InChI=1S/C20H30N4O4S2/c1-5-23(6-2)18(26)16-13(3)15(19(27)28-4)17(30-16)22-20(29)21-10-8-12-24-11-7-9-14(24)25/h5-12H2,1-4H3,(H2,21,22,29). The van der Waals surface area contributed by atoms with E-state index in [1.807, 2.05) is 18.7 Å². The van der Waals surface area contributed by atoms with E-state index < -0.39 is 5.97 Å². The molecule has 30 heavy (non-hydrogen) atoms. The SMILES string of the molecule is CCN(CC)C(=O)c1sc(NC(=S)NCCCN2CCCC2=O)c(C(=O)OC)c1C. The van der Waals surface area contributed by atoms with Crippen molar-refractivity contribution in [3.63, 3.8) is 0 Å². The average Bonchev–Trinajstić information content (AvgIpc) is 3.28. The van der Waals surface area contributed by atoms with Crippen molar-refractivity contribution >= 4 is 51.5 Å². The lowest BCUT2D eigenvalue weighted by molar-refractivity contribution is -0.127. The summed E-state index contributed by atoms with van der Waals surface area (Å²) in [4.78, 5) is 40.9. The number of hydrogen-bond acceptors (Lipinski definition) is 6. The number of thiocarbonyl (C=S) groups is 1. The predicted octanol–water partition coefficient (Wildman–Crippen LogP) is 2.62. The van der Waals surface area contributed by atoms with E-state index in [9.17, 15) is 14.4 Å². The number of anilines is 1. The Balaban J connectivity index is 2.04.